The monoisotopic (exact) mass is 292 g/mol. The van der Waals surface area contributed by atoms with Gasteiger partial charge in [-0.25, -0.2) is 0 Å². The molecule has 1 N–H and O–H groups in total. The summed E-state index contributed by atoms with van der Waals surface area (Å²) < 4.78 is 5.43. The number of thiophene rings is 1. The highest BCUT2D eigenvalue weighted by Crippen LogP contribution is 2.21. The summed E-state index contributed by atoms with van der Waals surface area (Å²) in [6.07, 6.45) is 1.65. The van der Waals surface area contributed by atoms with Crippen molar-refractivity contribution in [2.45, 2.75) is 19.9 Å². The first-order valence-electron chi connectivity index (χ1n) is 6.54. The molecular weight excluding hydrogens is 272 g/mol. The summed E-state index contributed by atoms with van der Waals surface area (Å²) in [6, 6.07) is 5.76. The smallest absolute Gasteiger partial charge is 0.252 e. The highest BCUT2D eigenvalue weighted by atomic mass is 32.1. The number of rotatable bonds is 5. The summed E-state index contributed by atoms with van der Waals surface area (Å²) in [5.41, 5.74) is 0.768. The molecule has 2 aromatic rings. The lowest BCUT2D eigenvalue weighted by molar-refractivity contribution is 0.0939. The molecule has 0 aliphatic carbocycles. The average Bonchev–Trinajstić information content (AvgIpc) is 2.99. The fourth-order valence-electron chi connectivity index (χ4n) is 2.16. The topological polar surface area (TPSA) is 45.5 Å². The van der Waals surface area contributed by atoms with Crippen molar-refractivity contribution in [1.29, 1.82) is 0 Å². The predicted molar refractivity (Wildman–Crippen MR) is 81.3 cm³/mol. The Morgan fingerprint density at radius 3 is 2.70 bits per heavy atom. The molecule has 0 saturated carbocycles. The van der Waals surface area contributed by atoms with E-state index in [2.05, 4.69) is 5.32 Å². The molecule has 0 saturated heterocycles. The van der Waals surface area contributed by atoms with Crippen LogP contribution >= 0.6 is 11.3 Å². The van der Waals surface area contributed by atoms with Crippen LogP contribution in [0.25, 0.3) is 0 Å². The van der Waals surface area contributed by atoms with Gasteiger partial charge in [-0.2, -0.15) is 0 Å². The fraction of sp³-hybridized carbons (Fsp3) is 0.400. The molecule has 0 spiro atoms. The molecule has 5 heteroatoms. The third-order valence-corrected chi connectivity index (χ3v) is 4.20. The highest BCUT2D eigenvalue weighted by molar-refractivity contribution is 7.12. The molecule has 0 radical (unpaired) electrons. The lowest BCUT2D eigenvalue weighted by Crippen LogP contribution is -2.34. The molecule has 2 heterocycles. The maximum Gasteiger partial charge on any atom is 0.252 e. The van der Waals surface area contributed by atoms with E-state index in [4.69, 9.17) is 4.42 Å². The third kappa shape index (κ3) is 3.29. The van der Waals surface area contributed by atoms with E-state index in [-0.39, 0.29) is 11.9 Å². The number of likely N-dealkylation sites (N-methyl/N-ethyl adjacent to an activating group) is 1. The van der Waals surface area contributed by atoms with Crippen molar-refractivity contribution in [2.24, 2.45) is 0 Å². The van der Waals surface area contributed by atoms with Gasteiger partial charge in [0.15, 0.2) is 0 Å². The summed E-state index contributed by atoms with van der Waals surface area (Å²) in [7, 11) is 3.94. The average molecular weight is 292 g/mol. The van der Waals surface area contributed by atoms with E-state index in [9.17, 15) is 4.79 Å². The Morgan fingerprint density at radius 2 is 2.20 bits per heavy atom. The molecule has 0 aromatic carbocycles. The zero-order valence-electron chi connectivity index (χ0n) is 12.3. The molecule has 1 amide bonds. The lowest BCUT2D eigenvalue weighted by Gasteiger charge is -2.22. The number of furan rings is 1. The van der Waals surface area contributed by atoms with Crippen LogP contribution in [0.3, 0.4) is 0 Å². The highest BCUT2D eigenvalue weighted by Gasteiger charge is 2.19. The molecule has 2 rings (SSSR count). The fourth-order valence-corrected chi connectivity index (χ4v) is 3.08. The number of carbonyl (C=O) groups is 1. The second-order valence-corrected chi connectivity index (χ2v) is 6.49. The first kappa shape index (κ1) is 14.8. The molecule has 108 valence electrons. The third-order valence-electron chi connectivity index (χ3n) is 3.24. The van der Waals surface area contributed by atoms with Gasteiger partial charge in [-0.1, -0.05) is 0 Å². The second-order valence-electron chi connectivity index (χ2n) is 5.03. The van der Waals surface area contributed by atoms with Crippen molar-refractivity contribution < 1.29 is 9.21 Å². The lowest BCUT2D eigenvalue weighted by atomic mass is 10.2. The van der Waals surface area contributed by atoms with Gasteiger partial charge in [-0.3, -0.25) is 9.69 Å². The Bertz CT molecular complexity index is 573. The van der Waals surface area contributed by atoms with Crippen molar-refractivity contribution in [3.63, 3.8) is 0 Å². The van der Waals surface area contributed by atoms with E-state index < -0.39 is 0 Å². The second kappa shape index (κ2) is 6.24. The van der Waals surface area contributed by atoms with Crippen LogP contribution in [0.4, 0.5) is 0 Å². The summed E-state index contributed by atoms with van der Waals surface area (Å²) in [6.45, 7) is 4.51. The number of aryl methyl sites for hydroxylation is 2. The Kier molecular flexibility index (Phi) is 4.62. The van der Waals surface area contributed by atoms with Crippen LogP contribution in [0.5, 0.6) is 0 Å². The molecule has 0 bridgehead atoms. The normalized spacial score (nSPS) is 12.7. The molecule has 4 nitrogen and oxygen atoms in total. The molecule has 0 aliphatic heterocycles. The Hall–Kier alpha value is -1.59. The van der Waals surface area contributed by atoms with Crippen molar-refractivity contribution in [2.75, 3.05) is 20.6 Å². The van der Waals surface area contributed by atoms with Gasteiger partial charge in [-0.05, 0) is 46.1 Å². The number of nitrogens with zero attached hydrogens (tertiary/aromatic N) is 1. The number of amides is 1. The van der Waals surface area contributed by atoms with Crippen molar-refractivity contribution in [1.82, 2.24) is 10.2 Å². The van der Waals surface area contributed by atoms with E-state index in [0.717, 1.165) is 21.1 Å². The summed E-state index contributed by atoms with van der Waals surface area (Å²) >= 11 is 1.65. The number of nitrogens with one attached hydrogen (secondary N) is 1. The van der Waals surface area contributed by atoms with Gasteiger partial charge in [0.25, 0.3) is 5.91 Å². The van der Waals surface area contributed by atoms with Crippen molar-refractivity contribution in [3.05, 3.63) is 45.5 Å². The van der Waals surface area contributed by atoms with Gasteiger partial charge in [0.1, 0.15) is 5.76 Å². The zero-order valence-corrected chi connectivity index (χ0v) is 13.1. The van der Waals surface area contributed by atoms with Crippen LogP contribution in [-0.2, 0) is 0 Å². The molecule has 0 aliphatic rings. The van der Waals surface area contributed by atoms with Crippen LogP contribution in [-0.4, -0.2) is 31.4 Å². The summed E-state index contributed by atoms with van der Waals surface area (Å²) in [5, 5.41) is 2.99. The molecule has 20 heavy (non-hydrogen) atoms. The van der Waals surface area contributed by atoms with Gasteiger partial charge in [-0.15, -0.1) is 11.3 Å². The van der Waals surface area contributed by atoms with E-state index in [1.165, 1.54) is 0 Å². The van der Waals surface area contributed by atoms with Crippen LogP contribution in [0.15, 0.2) is 28.9 Å². The molecule has 1 unspecified atom stereocenters. The summed E-state index contributed by atoms with van der Waals surface area (Å²) in [4.78, 5) is 16.5. The van der Waals surface area contributed by atoms with E-state index >= 15 is 0 Å². The minimum atomic E-state index is -0.0229. The number of carbonyl (C=O) groups excluding carboxylic acids is 1. The van der Waals surface area contributed by atoms with Crippen LogP contribution in [0, 0.1) is 13.8 Å². The van der Waals surface area contributed by atoms with E-state index in [1.54, 1.807) is 17.6 Å². The first-order chi connectivity index (χ1) is 9.49. The SMILES string of the molecule is Cc1cc(C(=O)NCC(c2ccco2)N(C)C)c(C)s1. The van der Waals surface area contributed by atoms with Gasteiger partial charge >= 0.3 is 0 Å². The largest absolute Gasteiger partial charge is 0.468 e. The van der Waals surface area contributed by atoms with Crippen molar-refractivity contribution >= 4 is 17.2 Å². The van der Waals surface area contributed by atoms with Gasteiger partial charge in [0.2, 0.25) is 0 Å². The van der Waals surface area contributed by atoms with E-state index in [0.29, 0.717) is 6.54 Å². The van der Waals surface area contributed by atoms with Crippen LogP contribution < -0.4 is 5.32 Å². The molecular formula is C15H20N2O2S. The molecule has 1 atom stereocenters. The Morgan fingerprint density at radius 1 is 1.45 bits per heavy atom. The first-order valence-corrected chi connectivity index (χ1v) is 7.35. The predicted octanol–water partition coefficient (Wildman–Crippen LogP) is 2.99. The minimum Gasteiger partial charge on any atom is -0.468 e. The molecule has 0 fully saturated rings. The Balaban J connectivity index is 2.03. The molecule has 2 aromatic heterocycles. The van der Waals surface area contributed by atoms with Gasteiger partial charge in [0.05, 0.1) is 17.9 Å². The van der Waals surface area contributed by atoms with Crippen molar-refractivity contribution in [3.8, 4) is 0 Å². The van der Waals surface area contributed by atoms with Crippen LogP contribution in [0.1, 0.15) is 31.9 Å². The van der Waals surface area contributed by atoms with Gasteiger partial charge < -0.3 is 9.73 Å². The minimum absolute atomic E-state index is 0.0229. The number of hydrogen-bond acceptors (Lipinski definition) is 4. The zero-order chi connectivity index (χ0) is 14.7. The standard InChI is InChI=1S/C15H20N2O2S/c1-10-8-12(11(2)20-10)15(18)16-9-13(17(3)4)14-6-5-7-19-14/h5-8,13H,9H2,1-4H3,(H,16,18). The van der Waals surface area contributed by atoms with Gasteiger partial charge in [0, 0.05) is 16.3 Å². The number of hydrogen-bond donors (Lipinski definition) is 1. The summed E-state index contributed by atoms with van der Waals surface area (Å²) in [5.74, 6) is 0.832. The quantitative estimate of drug-likeness (QED) is 0.921. The van der Waals surface area contributed by atoms with E-state index in [1.807, 2.05) is 51.0 Å². The van der Waals surface area contributed by atoms with Crippen LogP contribution in [0.2, 0.25) is 0 Å². The Labute approximate surface area is 123 Å². The maximum atomic E-state index is 12.2. The maximum absolute atomic E-state index is 12.2.